The number of hydrogen-bond acceptors (Lipinski definition) is 5. The van der Waals surface area contributed by atoms with Gasteiger partial charge in [-0.2, -0.15) is 8.78 Å². The summed E-state index contributed by atoms with van der Waals surface area (Å²) in [4.78, 5) is 4.35. The molecule has 0 saturated carbocycles. The Hall–Kier alpha value is -2.94. The largest absolute Gasteiger partial charge is 0.497 e. The second-order valence-electron chi connectivity index (χ2n) is 6.05. The number of hydrogen-bond donors (Lipinski definition) is 0. The molecule has 0 radical (unpaired) electrons. The smallest absolute Gasteiger partial charge is 0.320 e. The second-order valence-corrected chi connectivity index (χ2v) is 6.99. The molecule has 0 saturated heterocycles. The molecule has 0 N–H and O–H groups in total. The van der Waals surface area contributed by atoms with E-state index in [0.717, 1.165) is 15.9 Å². The third-order valence-corrected chi connectivity index (χ3v) is 5.37. The fourth-order valence-corrected chi connectivity index (χ4v) is 3.84. The number of imidazole rings is 1. The second kappa shape index (κ2) is 7.59. The van der Waals surface area contributed by atoms with Crippen molar-refractivity contribution in [1.82, 2.24) is 24.3 Å². The number of rotatable bonds is 6. The first-order valence-corrected chi connectivity index (χ1v) is 9.47. The van der Waals surface area contributed by atoms with E-state index in [2.05, 4.69) is 15.2 Å². The molecular formula is C19H17F2N5OS. The molecule has 4 rings (SSSR count). The lowest BCUT2D eigenvalue weighted by Gasteiger charge is -2.08. The average Bonchev–Trinajstić information content (AvgIpc) is 3.26. The lowest BCUT2D eigenvalue weighted by atomic mass is 10.2. The minimum absolute atomic E-state index is 0.253. The van der Waals surface area contributed by atoms with E-state index in [1.165, 1.54) is 11.8 Å². The van der Waals surface area contributed by atoms with Crippen molar-refractivity contribution >= 4 is 22.8 Å². The molecule has 28 heavy (non-hydrogen) atoms. The van der Waals surface area contributed by atoms with Gasteiger partial charge in [0.2, 0.25) is 0 Å². The van der Waals surface area contributed by atoms with E-state index in [9.17, 15) is 8.78 Å². The maximum atomic E-state index is 13.6. The van der Waals surface area contributed by atoms with Crippen molar-refractivity contribution in [3.63, 3.8) is 0 Å². The fourth-order valence-electron chi connectivity index (χ4n) is 3.00. The molecule has 2 aromatic heterocycles. The Balaban J connectivity index is 1.60. The Morgan fingerprint density at radius 3 is 2.71 bits per heavy atom. The van der Waals surface area contributed by atoms with E-state index >= 15 is 0 Å². The van der Waals surface area contributed by atoms with Gasteiger partial charge in [0.25, 0.3) is 0 Å². The predicted octanol–water partition coefficient (Wildman–Crippen LogP) is 4.53. The zero-order valence-electron chi connectivity index (χ0n) is 15.2. The number of thioether (sulfide) groups is 1. The third kappa shape index (κ3) is 3.33. The van der Waals surface area contributed by atoms with Crippen LogP contribution in [0.4, 0.5) is 8.78 Å². The van der Waals surface area contributed by atoms with E-state index in [4.69, 9.17) is 4.74 Å². The fraction of sp³-hybridized carbons (Fsp3) is 0.211. The Morgan fingerprint density at radius 2 is 1.93 bits per heavy atom. The van der Waals surface area contributed by atoms with Crippen LogP contribution in [0.2, 0.25) is 0 Å². The van der Waals surface area contributed by atoms with Crippen LogP contribution in [0.15, 0.2) is 53.7 Å². The Morgan fingerprint density at radius 1 is 1.11 bits per heavy atom. The topological polar surface area (TPSA) is 57.8 Å². The van der Waals surface area contributed by atoms with Crippen LogP contribution >= 0.6 is 11.8 Å². The Kier molecular flexibility index (Phi) is 4.99. The molecule has 0 amide bonds. The number of nitrogens with zero attached hydrogens (tertiary/aromatic N) is 5. The summed E-state index contributed by atoms with van der Waals surface area (Å²) in [5.41, 5.74) is 1.83. The van der Waals surface area contributed by atoms with Crippen molar-refractivity contribution in [3.8, 4) is 17.1 Å². The number of aromatic nitrogens is 5. The van der Waals surface area contributed by atoms with Crippen LogP contribution in [-0.4, -0.2) is 31.4 Å². The van der Waals surface area contributed by atoms with Crippen molar-refractivity contribution in [3.05, 3.63) is 54.4 Å². The van der Waals surface area contributed by atoms with Gasteiger partial charge in [-0.3, -0.25) is 4.57 Å². The summed E-state index contributed by atoms with van der Waals surface area (Å²) in [6, 6.07) is 14.4. The monoisotopic (exact) mass is 401 g/mol. The quantitative estimate of drug-likeness (QED) is 0.445. The van der Waals surface area contributed by atoms with Crippen LogP contribution < -0.4 is 4.74 Å². The highest BCUT2D eigenvalue weighted by Crippen LogP contribution is 2.30. The van der Waals surface area contributed by atoms with Crippen LogP contribution in [0.3, 0.4) is 0 Å². The summed E-state index contributed by atoms with van der Waals surface area (Å²) in [6.07, 6.45) is 0. The maximum absolute atomic E-state index is 13.6. The zero-order valence-corrected chi connectivity index (χ0v) is 16.0. The summed E-state index contributed by atoms with van der Waals surface area (Å²) in [5.74, 6) is 1.94. The van der Waals surface area contributed by atoms with E-state index < -0.39 is 6.55 Å². The van der Waals surface area contributed by atoms with Crippen molar-refractivity contribution in [1.29, 1.82) is 0 Å². The first-order chi connectivity index (χ1) is 13.6. The highest BCUT2D eigenvalue weighted by molar-refractivity contribution is 7.98. The molecule has 6 nitrogen and oxygen atoms in total. The molecule has 0 spiro atoms. The van der Waals surface area contributed by atoms with Gasteiger partial charge in [-0.05, 0) is 24.3 Å². The first-order valence-electron chi connectivity index (χ1n) is 8.49. The highest BCUT2D eigenvalue weighted by Gasteiger charge is 2.19. The van der Waals surface area contributed by atoms with Gasteiger partial charge in [-0.25, -0.2) is 4.98 Å². The number of methoxy groups -OCH3 is 1. The molecule has 0 aliphatic rings. The van der Waals surface area contributed by atoms with Gasteiger partial charge < -0.3 is 9.30 Å². The molecule has 4 aromatic rings. The highest BCUT2D eigenvalue weighted by atomic mass is 32.2. The number of para-hydroxylation sites is 2. The molecule has 0 unspecified atom stereocenters. The van der Waals surface area contributed by atoms with E-state index in [-0.39, 0.29) is 5.75 Å². The molecule has 0 aliphatic carbocycles. The zero-order chi connectivity index (χ0) is 19.7. The van der Waals surface area contributed by atoms with Gasteiger partial charge >= 0.3 is 6.55 Å². The van der Waals surface area contributed by atoms with Crippen LogP contribution in [0.25, 0.3) is 22.4 Å². The molecule has 0 atom stereocenters. The number of halogens is 2. The van der Waals surface area contributed by atoms with Gasteiger partial charge in [-0.1, -0.05) is 36.0 Å². The lowest BCUT2D eigenvalue weighted by Crippen LogP contribution is -2.04. The maximum Gasteiger partial charge on any atom is 0.320 e. The molecular weight excluding hydrogens is 384 g/mol. The van der Waals surface area contributed by atoms with Gasteiger partial charge in [0.15, 0.2) is 11.0 Å². The number of alkyl halides is 2. The molecule has 0 bridgehead atoms. The standard InChI is InChI=1S/C19H17F2N5OS/c1-25-17(12-6-5-7-13(10-12)27-2)23-24-19(25)28-11-16-22-14-8-3-4-9-15(14)26(16)18(20)21/h3-10,18H,11H2,1-2H3. The summed E-state index contributed by atoms with van der Waals surface area (Å²) in [6.45, 7) is -2.66. The minimum atomic E-state index is -2.66. The van der Waals surface area contributed by atoms with Crippen molar-refractivity contribution < 1.29 is 13.5 Å². The number of fused-ring (bicyclic) bond motifs is 1. The first kappa shape index (κ1) is 18.4. The lowest BCUT2D eigenvalue weighted by molar-refractivity contribution is 0.0722. The van der Waals surface area contributed by atoms with Gasteiger partial charge in [0.1, 0.15) is 11.6 Å². The Bertz CT molecular complexity index is 1120. The van der Waals surface area contributed by atoms with E-state index in [1.807, 2.05) is 35.9 Å². The van der Waals surface area contributed by atoms with Gasteiger partial charge in [0, 0.05) is 12.6 Å². The van der Waals surface area contributed by atoms with Gasteiger partial charge in [0.05, 0.1) is 23.9 Å². The van der Waals surface area contributed by atoms with Crippen LogP contribution in [0, 0.1) is 0 Å². The summed E-state index contributed by atoms with van der Waals surface area (Å²) in [7, 11) is 3.44. The predicted molar refractivity (Wildman–Crippen MR) is 104 cm³/mol. The van der Waals surface area contributed by atoms with Crippen molar-refractivity contribution in [2.45, 2.75) is 17.5 Å². The van der Waals surface area contributed by atoms with E-state index in [0.29, 0.717) is 27.8 Å². The van der Waals surface area contributed by atoms with Crippen molar-refractivity contribution in [2.75, 3.05) is 7.11 Å². The summed E-state index contributed by atoms with van der Waals surface area (Å²) in [5, 5.41) is 9.05. The summed E-state index contributed by atoms with van der Waals surface area (Å²) >= 11 is 1.31. The van der Waals surface area contributed by atoms with Crippen molar-refractivity contribution in [2.24, 2.45) is 7.05 Å². The molecule has 144 valence electrons. The molecule has 0 aliphatic heterocycles. The van der Waals surface area contributed by atoms with Crippen LogP contribution in [0.1, 0.15) is 12.4 Å². The molecule has 9 heteroatoms. The third-order valence-electron chi connectivity index (χ3n) is 4.36. The number of ether oxygens (including phenoxy) is 1. The van der Waals surface area contributed by atoms with Crippen LogP contribution in [0.5, 0.6) is 5.75 Å². The number of benzene rings is 2. The minimum Gasteiger partial charge on any atom is -0.497 e. The normalized spacial score (nSPS) is 11.5. The van der Waals surface area contributed by atoms with Crippen LogP contribution in [-0.2, 0) is 12.8 Å². The Labute approximate surface area is 164 Å². The van der Waals surface area contributed by atoms with E-state index in [1.54, 1.807) is 31.4 Å². The average molecular weight is 401 g/mol. The summed E-state index contributed by atoms with van der Waals surface area (Å²) < 4.78 is 35.2. The molecule has 2 aromatic carbocycles. The molecule has 2 heterocycles. The van der Waals surface area contributed by atoms with Gasteiger partial charge in [-0.15, -0.1) is 10.2 Å². The SMILES string of the molecule is COc1cccc(-c2nnc(SCc3nc4ccccc4n3C(F)F)n2C)c1. The molecule has 0 fully saturated rings.